The largest absolute Gasteiger partial charge is 0.497 e. The Bertz CT molecular complexity index is 611. The highest BCUT2D eigenvalue weighted by atomic mass is 79.9. The minimum atomic E-state index is 0.665. The second kappa shape index (κ2) is 5.83. The summed E-state index contributed by atoms with van der Waals surface area (Å²) in [4.78, 5) is 0. The number of halogens is 1. The van der Waals surface area contributed by atoms with Gasteiger partial charge in [0.15, 0.2) is 5.82 Å². The van der Waals surface area contributed by atoms with E-state index in [1.165, 1.54) is 12.8 Å². The van der Waals surface area contributed by atoms with E-state index < -0.39 is 0 Å². The first kappa shape index (κ1) is 13.4. The van der Waals surface area contributed by atoms with Crippen LogP contribution in [0.2, 0.25) is 0 Å². The highest BCUT2D eigenvalue weighted by Gasteiger charge is 2.15. The van der Waals surface area contributed by atoms with Crippen LogP contribution in [0.5, 0.6) is 5.75 Å². The lowest BCUT2D eigenvalue weighted by atomic mass is 10.2. The number of aryl methyl sites for hydroxylation is 1. The molecule has 0 fully saturated rings. The molecule has 0 amide bonds. The SMILES string of the molecule is COc1ccc(Br)c(NCc2nnc3n2CCCC3)c1. The third kappa shape index (κ3) is 2.65. The molecule has 6 heteroatoms. The third-order valence-corrected chi connectivity index (χ3v) is 4.24. The number of nitrogens with one attached hydrogen (secondary N) is 1. The Hall–Kier alpha value is -1.56. The van der Waals surface area contributed by atoms with Crippen molar-refractivity contribution in [1.82, 2.24) is 14.8 Å². The van der Waals surface area contributed by atoms with Gasteiger partial charge in [-0.3, -0.25) is 0 Å². The van der Waals surface area contributed by atoms with Gasteiger partial charge in [-0.2, -0.15) is 0 Å². The Kier molecular flexibility index (Phi) is 3.91. The van der Waals surface area contributed by atoms with E-state index in [1.807, 2.05) is 18.2 Å². The van der Waals surface area contributed by atoms with Gasteiger partial charge in [-0.05, 0) is 40.9 Å². The molecular formula is C14H17BrN4O. The van der Waals surface area contributed by atoms with E-state index in [1.54, 1.807) is 7.11 Å². The second-order valence-corrected chi connectivity index (χ2v) is 5.69. The monoisotopic (exact) mass is 336 g/mol. The summed E-state index contributed by atoms with van der Waals surface area (Å²) in [5.41, 5.74) is 0.998. The van der Waals surface area contributed by atoms with Gasteiger partial charge in [0, 0.05) is 23.5 Å². The number of nitrogens with zero attached hydrogens (tertiary/aromatic N) is 3. The van der Waals surface area contributed by atoms with Gasteiger partial charge in [-0.1, -0.05) is 0 Å². The summed E-state index contributed by atoms with van der Waals surface area (Å²) in [5, 5.41) is 11.9. The van der Waals surface area contributed by atoms with Crippen LogP contribution in [0.1, 0.15) is 24.5 Å². The molecular weight excluding hydrogens is 320 g/mol. The van der Waals surface area contributed by atoms with Crippen LogP contribution in [-0.4, -0.2) is 21.9 Å². The van der Waals surface area contributed by atoms with E-state index in [4.69, 9.17) is 4.74 Å². The predicted octanol–water partition coefficient (Wildman–Crippen LogP) is 3.00. The summed E-state index contributed by atoms with van der Waals surface area (Å²) in [6, 6.07) is 5.87. The summed E-state index contributed by atoms with van der Waals surface area (Å²) >= 11 is 3.54. The van der Waals surface area contributed by atoms with Crippen LogP contribution in [0, 0.1) is 0 Å². The number of fused-ring (bicyclic) bond motifs is 1. The molecule has 0 atom stereocenters. The van der Waals surface area contributed by atoms with Gasteiger partial charge >= 0.3 is 0 Å². The van der Waals surface area contributed by atoms with Gasteiger partial charge in [0.2, 0.25) is 0 Å². The number of benzene rings is 1. The van der Waals surface area contributed by atoms with E-state index in [9.17, 15) is 0 Å². The third-order valence-electron chi connectivity index (χ3n) is 3.55. The molecule has 0 saturated carbocycles. The molecule has 0 spiro atoms. The van der Waals surface area contributed by atoms with Crippen molar-refractivity contribution in [2.75, 3.05) is 12.4 Å². The smallest absolute Gasteiger partial charge is 0.152 e. The first-order chi connectivity index (χ1) is 9.78. The minimum Gasteiger partial charge on any atom is -0.497 e. The maximum atomic E-state index is 5.24. The normalized spacial score (nSPS) is 13.9. The zero-order valence-electron chi connectivity index (χ0n) is 11.4. The number of methoxy groups -OCH3 is 1. The molecule has 0 saturated heterocycles. The van der Waals surface area contributed by atoms with Crippen LogP contribution >= 0.6 is 15.9 Å². The topological polar surface area (TPSA) is 52.0 Å². The van der Waals surface area contributed by atoms with Crippen molar-refractivity contribution in [2.45, 2.75) is 32.4 Å². The van der Waals surface area contributed by atoms with Gasteiger partial charge < -0.3 is 14.6 Å². The molecule has 3 rings (SSSR count). The summed E-state index contributed by atoms with van der Waals surface area (Å²) in [5.74, 6) is 2.94. The Balaban J connectivity index is 1.75. The first-order valence-corrected chi connectivity index (χ1v) is 7.55. The van der Waals surface area contributed by atoms with E-state index in [0.717, 1.165) is 40.5 Å². The standard InChI is InChI=1S/C14H17BrN4O/c1-20-10-5-6-11(15)12(8-10)16-9-14-18-17-13-4-2-3-7-19(13)14/h5-6,8,16H,2-4,7,9H2,1H3. The summed E-state index contributed by atoms with van der Waals surface area (Å²) in [7, 11) is 1.67. The quantitative estimate of drug-likeness (QED) is 0.932. The fourth-order valence-electron chi connectivity index (χ4n) is 2.44. The second-order valence-electron chi connectivity index (χ2n) is 4.84. The molecule has 0 unspecified atom stereocenters. The molecule has 1 aliphatic heterocycles. The van der Waals surface area contributed by atoms with Gasteiger partial charge in [0.25, 0.3) is 0 Å². The molecule has 0 bridgehead atoms. The minimum absolute atomic E-state index is 0.665. The van der Waals surface area contributed by atoms with Crippen molar-refractivity contribution in [1.29, 1.82) is 0 Å². The van der Waals surface area contributed by atoms with Gasteiger partial charge in [0.1, 0.15) is 11.6 Å². The summed E-state index contributed by atoms with van der Waals surface area (Å²) in [6.45, 7) is 1.69. The molecule has 20 heavy (non-hydrogen) atoms. The molecule has 1 aromatic carbocycles. The van der Waals surface area contributed by atoms with Crippen molar-refractivity contribution in [3.05, 3.63) is 34.3 Å². The van der Waals surface area contributed by atoms with Gasteiger partial charge in [-0.25, -0.2) is 0 Å². The van der Waals surface area contributed by atoms with Crippen LogP contribution in [-0.2, 0) is 19.5 Å². The van der Waals surface area contributed by atoms with Crippen molar-refractivity contribution in [3.8, 4) is 5.75 Å². The maximum absolute atomic E-state index is 5.24. The lowest BCUT2D eigenvalue weighted by Gasteiger charge is -2.15. The zero-order valence-corrected chi connectivity index (χ0v) is 13.0. The maximum Gasteiger partial charge on any atom is 0.152 e. The molecule has 2 heterocycles. The molecule has 106 valence electrons. The molecule has 1 N–H and O–H groups in total. The van der Waals surface area contributed by atoms with Crippen LogP contribution < -0.4 is 10.1 Å². The number of rotatable bonds is 4. The number of anilines is 1. The Labute approximate surface area is 126 Å². The highest BCUT2D eigenvalue weighted by Crippen LogP contribution is 2.27. The number of hydrogen-bond donors (Lipinski definition) is 1. The molecule has 1 aromatic heterocycles. The van der Waals surface area contributed by atoms with Crippen LogP contribution in [0.4, 0.5) is 5.69 Å². The van der Waals surface area contributed by atoms with Crippen molar-refractivity contribution in [2.24, 2.45) is 0 Å². The average Bonchev–Trinajstić information content (AvgIpc) is 2.90. The fraction of sp³-hybridized carbons (Fsp3) is 0.429. The van der Waals surface area contributed by atoms with Crippen LogP contribution in [0.15, 0.2) is 22.7 Å². The Morgan fingerprint density at radius 2 is 2.25 bits per heavy atom. The number of hydrogen-bond acceptors (Lipinski definition) is 4. The molecule has 2 aromatic rings. The Morgan fingerprint density at radius 1 is 1.35 bits per heavy atom. The van der Waals surface area contributed by atoms with E-state index >= 15 is 0 Å². The summed E-state index contributed by atoms with van der Waals surface area (Å²) in [6.07, 6.45) is 3.46. The molecule has 1 aliphatic rings. The number of aromatic nitrogens is 3. The predicted molar refractivity (Wildman–Crippen MR) is 81.0 cm³/mol. The Morgan fingerprint density at radius 3 is 3.10 bits per heavy atom. The molecule has 5 nitrogen and oxygen atoms in total. The lowest BCUT2D eigenvalue weighted by molar-refractivity contribution is 0.415. The molecule has 0 aliphatic carbocycles. The zero-order chi connectivity index (χ0) is 13.9. The molecule has 0 radical (unpaired) electrons. The van der Waals surface area contributed by atoms with Crippen LogP contribution in [0.25, 0.3) is 0 Å². The number of ether oxygens (including phenoxy) is 1. The van der Waals surface area contributed by atoms with E-state index in [2.05, 4.69) is 36.0 Å². The average molecular weight is 337 g/mol. The van der Waals surface area contributed by atoms with E-state index in [-0.39, 0.29) is 0 Å². The fourth-order valence-corrected chi connectivity index (χ4v) is 2.83. The first-order valence-electron chi connectivity index (χ1n) is 6.76. The van der Waals surface area contributed by atoms with Gasteiger partial charge in [0.05, 0.1) is 19.3 Å². The van der Waals surface area contributed by atoms with Crippen molar-refractivity contribution < 1.29 is 4.74 Å². The van der Waals surface area contributed by atoms with E-state index in [0.29, 0.717) is 6.54 Å². The highest BCUT2D eigenvalue weighted by molar-refractivity contribution is 9.10. The van der Waals surface area contributed by atoms with Crippen LogP contribution in [0.3, 0.4) is 0 Å². The van der Waals surface area contributed by atoms with Gasteiger partial charge in [-0.15, -0.1) is 10.2 Å². The summed E-state index contributed by atoms with van der Waals surface area (Å²) < 4.78 is 8.48. The lowest BCUT2D eigenvalue weighted by Crippen LogP contribution is -2.15. The van der Waals surface area contributed by atoms with Crippen molar-refractivity contribution in [3.63, 3.8) is 0 Å². The van der Waals surface area contributed by atoms with Crippen molar-refractivity contribution >= 4 is 21.6 Å².